The molecule has 0 amide bonds. The lowest BCUT2D eigenvalue weighted by molar-refractivity contribution is 0.140. The molecule has 5 heteroatoms. The standard InChI is InChI=1S/C16H15BrO4/c17-11-1-3-12(4-2-11)19-7-8-20-13-5-6-14-15(18)10-21-16(14)9-13/h1-6,9,15,18H,7-8,10H2. The molecule has 0 fully saturated rings. The maximum Gasteiger partial charge on any atom is 0.129 e. The number of halogens is 1. The largest absolute Gasteiger partial charge is 0.490 e. The van der Waals surface area contributed by atoms with Crippen molar-refractivity contribution in [1.82, 2.24) is 0 Å². The summed E-state index contributed by atoms with van der Waals surface area (Å²) in [6.45, 7) is 1.21. The summed E-state index contributed by atoms with van der Waals surface area (Å²) in [5.74, 6) is 2.21. The van der Waals surface area contributed by atoms with Crippen LogP contribution in [0.25, 0.3) is 0 Å². The zero-order valence-corrected chi connectivity index (χ0v) is 12.9. The van der Waals surface area contributed by atoms with Crippen LogP contribution < -0.4 is 14.2 Å². The number of benzene rings is 2. The average Bonchev–Trinajstić information content (AvgIpc) is 2.86. The van der Waals surface area contributed by atoms with Crippen LogP contribution in [0, 0.1) is 0 Å². The van der Waals surface area contributed by atoms with E-state index in [2.05, 4.69) is 15.9 Å². The van der Waals surface area contributed by atoms with Crippen LogP contribution in [0.2, 0.25) is 0 Å². The third-order valence-corrected chi connectivity index (χ3v) is 3.70. The Bertz CT molecular complexity index is 612. The zero-order valence-electron chi connectivity index (χ0n) is 11.3. The fraction of sp³-hybridized carbons (Fsp3) is 0.250. The molecule has 1 atom stereocenters. The van der Waals surface area contributed by atoms with Crippen LogP contribution in [-0.2, 0) is 0 Å². The van der Waals surface area contributed by atoms with Crippen LogP contribution in [0.3, 0.4) is 0 Å². The summed E-state index contributed by atoms with van der Waals surface area (Å²) < 4.78 is 17.6. The van der Waals surface area contributed by atoms with Crippen LogP contribution in [0.5, 0.6) is 17.2 Å². The van der Waals surface area contributed by atoms with E-state index in [1.807, 2.05) is 36.4 Å². The normalized spacial score (nSPS) is 16.2. The van der Waals surface area contributed by atoms with Gasteiger partial charge in [-0.05, 0) is 36.4 Å². The van der Waals surface area contributed by atoms with Crippen molar-refractivity contribution in [1.29, 1.82) is 0 Å². The van der Waals surface area contributed by atoms with Gasteiger partial charge in [-0.15, -0.1) is 0 Å². The summed E-state index contributed by atoms with van der Waals surface area (Å²) in [5.41, 5.74) is 0.813. The summed E-state index contributed by atoms with van der Waals surface area (Å²) in [6, 6.07) is 13.1. The SMILES string of the molecule is OC1COc2cc(OCCOc3ccc(Br)cc3)ccc21. The van der Waals surface area contributed by atoms with Gasteiger partial charge in [0.1, 0.15) is 43.2 Å². The first kappa shape index (κ1) is 14.2. The van der Waals surface area contributed by atoms with E-state index in [1.54, 1.807) is 6.07 Å². The second-order valence-electron chi connectivity index (χ2n) is 4.68. The van der Waals surface area contributed by atoms with Gasteiger partial charge in [-0.3, -0.25) is 0 Å². The number of aliphatic hydroxyl groups is 1. The second-order valence-corrected chi connectivity index (χ2v) is 5.59. The molecule has 110 valence electrons. The van der Waals surface area contributed by atoms with Gasteiger partial charge in [-0.25, -0.2) is 0 Å². The van der Waals surface area contributed by atoms with E-state index in [0.29, 0.717) is 31.3 Å². The quantitative estimate of drug-likeness (QED) is 0.840. The summed E-state index contributed by atoms with van der Waals surface area (Å²) >= 11 is 3.38. The molecule has 0 radical (unpaired) electrons. The van der Waals surface area contributed by atoms with Gasteiger partial charge < -0.3 is 19.3 Å². The lowest BCUT2D eigenvalue weighted by atomic mass is 10.1. The molecule has 21 heavy (non-hydrogen) atoms. The van der Waals surface area contributed by atoms with Crippen LogP contribution in [0.1, 0.15) is 11.7 Å². The second kappa shape index (κ2) is 6.37. The molecule has 2 aromatic carbocycles. The Balaban J connectivity index is 1.48. The minimum Gasteiger partial charge on any atom is -0.490 e. The molecule has 0 saturated heterocycles. The van der Waals surface area contributed by atoms with Gasteiger partial charge in [0.2, 0.25) is 0 Å². The first-order valence-electron chi connectivity index (χ1n) is 6.68. The highest BCUT2D eigenvalue weighted by atomic mass is 79.9. The fourth-order valence-corrected chi connectivity index (χ4v) is 2.38. The first-order chi connectivity index (χ1) is 10.2. The summed E-state index contributed by atoms with van der Waals surface area (Å²) in [6.07, 6.45) is -0.533. The van der Waals surface area contributed by atoms with Gasteiger partial charge >= 0.3 is 0 Å². The number of aliphatic hydroxyl groups excluding tert-OH is 1. The van der Waals surface area contributed by atoms with Crippen molar-refractivity contribution in [3.8, 4) is 17.2 Å². The van der Waals surface area contributed by atoms with Crippen molar-refractivity contribution in [3.05, 3.63) is 52.5 Å². The molecule has 1 aliphatic heterocycles. The van der Waals surface area contributed by atoms with Gasteiger partial charge in [-0.1, -0.05) is 15.9 Å². The highest BCUT2D eigenvalue weighted by Gasteiger charge is 2.21. The maximum absolute atomic E-state index is 9.64. The summed E-state index contributed by atoms with van der Waals surface area (Å²) in [7, 11) is 0. The van der Waals surface area contributed by atoms with Crippen LogP contribution in [0.4, 0.5) is 0 Å². The van der Waals surface area contributed by atoms with E-state index < -0.39 is 6.10 Å². The molecule has 0 aliphatic carbocycles. The van der Waals surface area contributed by atoms with E-state index in [4.69, 9.17) is 14.2 Å². The van der Waals surface area contributed by atoms with E-state index in [0.717, 1.165) is 15.8 Å². The Labute approximate surface area is 131 Å². The van der Waals surface area contributed by atoms with Gasteiger partial charge in [-0.2, -0.15) is 0 Å². The molecule has 0 bridgehead atoms. The molecular formula is C16H15BrO4. The third-order valence-electron chi connectivity index (χ3n) is 3.18. The Hall–Kier alpha value is -1.72. The Morgan fingerprint density at radius 1 is 1.05 bits per heavy atom. The summed E-state index contributed by atoms with van der Waals surface area (Å²) in [4.78, 5) is 0. The number of hydrogen-bond donors (Lipinski definition) is 1. The predicted octanol–water partition coefficient (Wildman–Crippen LogP) is 3.33. The lowest BCUT2D eigenvalue weighted by Gasteiger charge is -2.09. The lowest BCUT2D eigenvalue weighted by Crippen LogP contribution is -2.08. The number of fused-ring (bicyclic) bond motifs is 1. The highest BCUT2D eigenvalue weighted by Crippen LogP contribution is 2.34. The van der Waals surface area contributed by atoms with Crippen molar-refractivity contribution in [2.75, 3.05) is 19.8 Å². The average molecular weight is 351 g/mol. The monoisotopic (exact) mass is 350 g/mol. The zero-order chi connectivity index (χ0) is 14.7. The van der Waals surface area contributed by atoms with Crippen molar-refractivity contribution in [2.45, 2.75) is 6.10 Å². The van der Waals surface area contributed by atoms with Gasteiger partial charge in [0.25, 0.3) is 0 Å². The van der Waals surface area contributed by atoms with E-state index in [1.165, 1.54) is 0 Å². The smallest absolute Gasteiger partial charge is 0.129 e. The first-order valence-corrected chi connectivity index (χ1v) is 7.47. The molecule has 1 aliphatic rings. The topological polar surface area (TPSA) is 47.9 Å². The molecule has 1 unspecified atom stereocenters. The van der Waals surface area contributed by atoms with Crippen molar-refractivity contribution >= 4 is 15.9 Å². The summed E-state index contributed by atoms with van der Waals surface area (Å²) in [5, 5.41) is 9.64. The van der Waals surface area contributed by atoms with E-state index in [9.17, 15) is 5.11 Å². The Morgan fingerprint density at radius 3 is 2.48 bits per heavy atom. The van der Waals surface area contributed by atoms with Crippen LogP contribution in [0.15, 0.2) is 46.9 Å². The van der Waals surface area contributed by atoms with Gasteiger partial charge in [0.05, 0.1) is 0 Å². The van der Waals surface area contributed by atoms with Crippen LogP contribution in [-0.4, -0.2) is 24.9 Å². The van der Waals surface area contributed by atoms with E-state index in [-0.39, 0.29) is 0 Å². The minimum absolute atomic E-state index is 0.311. The molecule has 3 rings (SSSR count). The molecule has 0 spiro atoms. The van der Waals surface area contributed by atoms with Gasteiger partial charge in [0, 0.05) is 16.1 Å². The molecule has 1 heterocycles. The van der Waals surface area contributed by atoms with Crippen molar-refractivity contribution in [3.63, 3.8) is 0 Å². The third kappa shape index (κ3) is 3.49. The van der Waals surface area contributed by atoms with Crippen molar-refractivity contribution < 1.29 is 19.3 Å². The molecule has 0 saturated carbocycles. The van der Waals surface area contributed by atoms with E-state index >= 15 is 0 Å². The van der Waals surface area contributed by atoms with Gasteiger partial charge in [0.15, 0.2) is 0 Å². The Kier molecular flexibility index (Phi) is 4.31. The maximum atomic E-state index is 9.64. The highest BCUT2D eigenvalue weighted by molar-refractivity contribution is 9.10. The number of hydrogen-bond acceptors (Lipinski definition) is 4. The fourth-order valence-electron chi connectivity index (χ4n) is 2.11. The Morgan fingerprint density at radius 2 is 1.71 bits per heavy atom. The molecule has 2 aromatic rings. The van der Waals surface area contributed by atoms with Crippen LogP contribution >= 0.6 is 15.9 Å². The molecule has 1 N–H and O–H groups in total. The number of rotatable bonds is 5. The minimum atomic E-state index is -0.533. The number of ether oxygens (including phenoxy) is 3. The molecule has 4 nitrogen and oxygen atoms in total. The van der Waals surface area contributed by atoms with Crippen molar-refractivity contribution in [2.24, 2.45) is 0 Å². The predicted molar refractivity (Wildman–Crippen MR) is 82.0 cm³/mol. The molecule has 0 aromatic heterocycles. The molecular weight excluding hydrogens is 336 g/mol.